The molecule has 92 valence electrons. The van der Waals surface area contributed by atoms with Crippen molar-refractivity contribution in [1.29, 1.82) is 0 Å². The van der Waals surface area contributed by atoms with Gasteiger partial charge >= 0.3 is 5.97 Å². The summed E-state index contributed by atoms with van der Waals surface area (Å²) in [7, 11) is 0. The van der Waals surface area contributed by atoms with Gasteiger partial charge in [-0.2, -0.15) is 4.98 Å². The number of hydrogen-bond acceptors (Lipinski definition) is 5. The van der Waals surface area contributed by atoms with Crippen LogP contribution in [-0.2, 0) is 9.59 Å². The Morgan fingerprint density at radius 3 is 2.82 bits per heavy atom. The third kappa shape index (κ3) is 3.83. The smallest absolute Gasteiger partial charge is 0.326 e. The van der Waals surface area contributed by atoms with Gasteiger partial charge in [0, 0.05) is 0 Å². The lowest BCUT2D eigenvalue weighted by molar-refractivity contribution is -0.139. The lowest BCUT2D eigenvalue weighted by atomic mass is 10.2. The van der Waals surface area contributed by atoms with E-state index >= 15 is 0 Å². The van der Waals surface area contributed by atoms with Crippen molar-refractivity contribution < 1.29 is 19.1 Å². The van der Waals surface area contributed by atoms with Crippen LogP contribution < -0.4 is 11.1 Å². The van der Waals surface area contributed by atoms with Crippen LogP contribution in [0.4, 0.5) is 10.2 Å². The molecule has 4 N–H and O–H groups in total. The summed E-state index contributed by atoms with van der Waals surface area (Å²) in [6.07, 6.45) is 0.275. The van der Waals surface area contributed by atoms with Crippen LogP contribution in [0.3, 0.4) is 0 Å². The molecular formula is C8H8ClFN4O3. The van der Waals surface area contributed by atoms with Gasteiger partial charge in [0.25, 0.3) is 0 Å². The second-order valence-corrected chi connectivity index (χ2v) is 3.38. The lowest BCUT2D eigenvalue weighted by Crippen LogP contribution is -2.34. The summed E-state index contributed by atoms with van der Waals surface area (Å²) in [5.41, 5.74) is 4.86. The Kier molecular flexibility index (Phi) is 4.16. The molecule has 1 rings (SSSR count). The van der Waals surface area contributed by atoms with E-state index < -0.39 is 36.0 Å². The number of aliphatic carboxylic acids is 1. The molecule has 1 aromatic rings. The Bertz CT molecular complexity index is 456. The first kappa shape index (κ1) is 13.1. The predicted molar refractivity (Wildman–Crippen MR) is 55.9 cm³/mol. The van der Waals surface area contributed by atoms with Crippen molar-refractivity contribution in [2.24, 2.45) is 5.73 Å². The third-order valence-corrected chi connectivity index (χ3v) is 1.91. The van der Waals surface area contributed by atoms with Gasteiger partial charge in [0.2, 0.25) is 11.2 Å². The number of carboxylic acids is 1. The van der Waals surface area contributed by atoms with E-state index in [4.69, 9.17) is 22.4 Å². The van der Waals surface area contributed by atoms with Crippen LogP contribution in [0.25, 0.3) is 0 Å². The SMILES string of the molecule is NC(=O)CC(Nc1nc(Cl)ncc1F)C(=O)O. The van der Waals surface area contributed by atoms with Crippen molar-refractivity contribution >= 4 is 29.3 Å². The maximum Gasteiger partial charge on any atom is 0.326 e. The maximum absolute atomic E-state index is 13.2. The third-order valence-electron chi connectivity index (χ3n) is 1.73. The van der Waals surface area contributed by atoms with Crippen LogP contribution >= 0.6 is 11.6 Å². The highest BCUT2D eigenvalue weighted by molar-refractivity contribution is 6.28. The molecule has 0 saturated heterocycles. The van der Waals surface area contributed by atoms with Crippen molar-refractivity contribution in [1.82, 2.24) is 9.97 Å². The fraction of sp³-hybridized carbons (Fsp3) is 0.250. The number of amides is 1. The molecule has 17 heavy (non-hydrogen) atoms. The summed E-state index contributed by atoms with van der Waals surface area (Å²) in [4.78, 5) is 28.2. The maximum atomic E-state index is 13.2. The van der Waals surface area contributed by atoms with Gasteiger partial charge in [-0.15, -0.1) is 0 Å². The summed E-state index contributed by atoms with van der Waals surface area (Å²) in [5.74, 6) is -3.49. The van der Waals surface area contributed by atoms with Gasteiger partial charge in [0.15, 0.2) is 11.6 Å². The lowest BCUT2D eigenvalue weighted by Gasteiger charge is -2.13. The number of nitrogens with one attached hydrogen (secondary N) is 1. The van der Waals surface area contributed by atoms with Gasteiger partial charge in [-0.05, 0) is 11.6 Å². The molecule has 0 aliphatic carbocycles. The minimum atomic E-state index is -1.38. The van der Waals surface area contributed by atoms with E-state index in [1.54, 1.807) is 0 Å². The number of carboxylic acid groups (broad SMARTS) is 1. The number of halogens is 2. The minimum absolute atomic E-state index is 0.253. The summed E-state index contributed by atoms with van der Waals surface area (Å²) in [5, 5.41) is 10.7. The molecule has 0 aliphatic heterocycles. The number of aromatic nitrogens is 2. The normalized spacial score (nSPS) is 11.9. The minimum Gasteiger partial charge on any atom is -0.480 e. The molecule has 0 aromatic carbocycles. The largest absolute Gasteiger partial charge is 0.480 e. The van der Waals surface area contributed by atoms with Gasteiger partial charge in [-0.25, -0.2) is 14.2 Å². The van der Waals surface area contributed by atoms with E-state index in [1.807, 2.05) is 0 Å². The van der Waals surface area contributed by atoms with Crippen molar-refractivity contribution in [3.63, 3.8) is 0 Å². The monoisotopic (exact) mass is 262 g/mol. The Balaban J connectivity index is 2.89. The van der Waals surface area contributed by atoms with E-state index in [2.05, 4.69) is 15.3 Å². The van der Waals surface area contributed by atoms with Crippen LogP contribution in [0.2, 0.25) is 5.28 Å². The van der Waals surface area contributed by atoms with E-state index in [-0.39, 0.29) is 5.28 Å². The molecule has 0 bridgehead atoms. The number of nitrogens with two attached hydrogens (primary N) is 1. The van der Waals surface area contributed by atoms with Crippen LogP contribution in [0.15, 0.2) is 6.20 Å². The zero-order chi connectivity index (χ0) is 13.0. The Hall–Kier alpha value is -1.96. The summed E-state index contributed by atoms with van der Waals surface area (Å²) < 4.78 is 13.2. The highest BCUT2D eigenvalue weighted by Gasteiger charge is 2.21. The molecule has 1 amide bonds. The second-order valence-electron chi connectivity index (χ2n) is 3.04. The highest BCUT2D eigenvalue weighted by Crippen LogP contribution is 2.14. The zero-order valence-electron chi connectivity index (χ0n) is 8.35. The Morgan fingerprint density at radius 1 is 1.65 bits per heavy atom. The molecule has 1 aromatic heterocycles. The molecule has 0 saturated carbocycles. The van der Waals surface area contributed by atoms with Crippen LogP contribution in [0.1, 0.15) is 6.42 Å². The first-order chi connectivity index (χ1) is 7.90. The fourth-order valence-electron chi connectivity index (χ4n) is 1.01. The van der Waals surface area contributed by atoms with Gasteiger partial charge in [-0.3, -0.25) is 4.79 Å². The van der Waals surface area contributed by atoms with Crippen molar-refractivity contribution in [2.45, 2.75) is 12.5 Å². The first-order valence-corrected chi connectivity index (χ1v) is 4.73. The quantitative estimate of drug-likeness (QED) is 0.643. The van der Waals surface area contributed by atoms with Crippen molar-refractivity contribution in [3.8, 4) is 0 Å². The summed E-state index contributed by atoms with van der Waals surface area (Å²) in [6, 6.07) is -1.38. The fourth-order valence-corrected chi connectivity index (χ4v) is 1.15. The average Bonchev–Trinajstić information content (AvgIpc) is 2.21. The van der Waals surface area contributed by atoms with E-state index in [9.17, 15) is 14.0 Å². The molecule has 9 heteroatoms. The highest BCUT2D eigenvalue weighted by atomic mass is 35.5. The zero-order valence-corrected chi connectivity index (χ0v) is 9.11. The van der Waals surface area contributed by atoms with Crippen molar-refractivity contribution in [2.75, 3.05) is 5.32 Å². The van der Waals surface area contributed by atoms with E-state index in [0.29, 0.717) is 0 Å². The number of anilines is 1. The molecule has 0 aliphatic rings. The van der Waals surface area contributed by atoms with E-state index in [1.165, 1.54) is 0 Å². The van der Waals surface area contributed by atoms with Crippen molar-refractivity contribution in [3.05, 3.63) is 17.3 Å². The second kappa shape index (κ2) is 5.39. The molecule has 0 fully saturated rings. The number of hydrogen-bond donors (Lipinski definition) is 3. The molecule has 1 atom stereocenters. The summed E-state index contributed by atoms with van der Waals surface area (Å²) >= 11 is 5.42. The molecule has 1 heterocycles. The molecule has 0 radical (unpaired) electrons. The number of carbonyl (C=O) groups is 2. The predicted octanol–water partition coefficient (Wildman–Crippen LogP) is 0.00960. The van der Waals surface area contributed by atoms with Gasteiger partial charge in [0.1, 0.15) is 6.04 Å². The Labute approximate surface area is 99.8 Å². The molecule has 7 nitrogen and oxygen atoms in total. The number of nitrogens with zero attached hydrogens (tertiary/aromatic N) is 2. The number of rotatable bonds is 5. The van der Waals surface area contributed by atoms with Crippen LogP contribution in [0.5, 0.6) is 0 Å². The average molecular weight is 263 g/mol. The van der Waals surface area contributed by atoms with Crippen LogP contribution in [0, 0.1) is 5.82 Å². The molecule has 0 spiro atoms. The van der Waals surface area contributed by atoms with Gasteiger partial charge in [-0.1, -0.05) is 0 Å². The summed E-state index contributed by atoms with van der Waals surface area (Å²) in [6.45, 7) is 0. The van der Waals surface area contributed by atoms with Gasteiger partial charge in [0.05, 0.1) is 12.6 Å². The number of carbonyl (C=O) groups excluding carboxylic acids is 1. The van der Waals surface area contributed by atoms with Crippen LogP contribution in [-0.4, -0.2) is 33.0 Å². The molecular weight excluding hydrogens is 255 g/mol. The standard InChI is InChI=1S/C8H8ClFN4O3/c9-8-12-2-3(10)6(14-8)13-4(7(16)17)1-5(11)15/h2,4H,1H2,(H2,11,15)(H,16,17)(H,12,13,14). The number of primary amides is 1. The van der Waals surface area contributed by atoms with Gasteiger partial charge < -0.3 is 16.2 Å². The van der Waals surface area contributed by atoms with E-state index in [0.717, 1.165) is 6.20 Å². The topological polar surface area (TPSA) is 118 Å². The Morgan fingerprint density at radius 2 is 2.29 bits per heavy atom. The first-order valence-electron chi connectivity index (χ1n) is 4.36. The molecule has 1 unspecified atom stereocenters.